The van der Waals surface area contributed by atoms with Crippen molar-refractivity contribution in [1.29, 1.82) is 0 Å². The highest BCUT2D eigenvalue weighted by atomic mass is 16.5. The highest BCUT2D eigenvalue weighted by molar-refractivity contribution is 5.39. The van der Waals surface area contributed by atoms with E-state index in [1.54, 1.807) is 0 Å². The Morgan fingerprint density at radius 1 is 1.38 bits per heavy atom. The second kappa shape index (κ2) is 4.88. The first kappa shape index (κ1) is 11.5. The van der Waals surface area contributed by atoms with Crippen molar-refractivity contribution >= 4 is 0 Å². The molecule has 1 aliphatic rings. The van der Waals surface area contributed by atoms with Crippen molar-refractivity contribution in [2.45, 2.75) is 26.2 Å². The Hall–Kier alpha value is -1.02. The Labute approximate surface area is 97.8 Å². The van der Waals surface area contributed by atoms with Gasteiger partial charge in [0, 0.05) is 0 Å². The number of benzene rings is 1. The number of rotatable bonds is 5. The van der Waals surface area contributed by atoms with Crippen LogP contribution in [-0.4, -0.2) is 13.2 Å². The van der Waals surface area contributed by atoms with E-state index in [0.717, 1.165) is 18.9 Å². The quantitative estimate of drug-likeness (QED) is 0.826. The number of para-hydroxylation sites is 1. The van der Waals surface area contributed by atoms with Gasteiger partial charge < -0.3 is 10.5 Å². The second-order valence-electron chi connectivity index (χ2n) is 5.08. The molecule has 0 aromatic heterocycles. The lowest BCUT2D eigenvalue weighted by atomic mass is 10.1. The van der Waals surface area contributed by atoms with E-state index in [4.69, 9.17) is 10.5 Å². The van der Waals surface area contributed by atoms with Gasteiger partial charge in [-0.25, -0.2) is 0 Å². The third kappa shape index (κ3) is 2.56. The van der Waals surface area contributed by atoms with E-state index in [1.165, 1.54) is 12.0 Å². The molecule has 0 saturated heterocycles. The zero-order chi connectivity index (χ0) is 11.5. The van der Waals surface area contributed by atoms with Crippen LogP contribution in [0.25, 0.3) is 0 Å². The zero-order valence-corrected chi connectivity index (χ0v) is 10.1. The first-order valence-corrected chi connectivity index (χ1v) is 6.14. The summed E-state index contributed by atoms with van der Waals surface area (Å²) in [5.74, 6) is 2.92. The first-order valence-electron chi connectivity index (χ1n) is 6.14. The summed E-state index contributed by atoms with van der Waals surface area (Å²) in [7, 11) is 0. The molecule has 2 N–H and O–H groups in total. The molecule has 2 rings (SSSR count). The molecular formula is C14H21NO. The predicted molar refractivity (Wildman–Crippen MR) is 66.7 cm³/mol. The smallest absolute Gasteiger partial charge is 0.122 e. The second-order valence-corrected chi connectivity index (χ2v) is 5.08. The molecule has 2 heteroatoms. The number of ether oxygens (including phenoxy) is 1. The average molecular weight is 219 g/mol. The molecule has 2 nitrogen and oxygen atoms in total. The van der Waals surface area contributed by atoms with Gasteiger partial charge in [-0.3, -0.25) is 0 Å². The van der Waals surface area contributed by atoms with Crippen molar-refractivity contribution in [3.05, 3.63) is 29.8 Å². The predicted octanol–water partition coefficient (Wildman–Crippen LogP) is 2.78. The number of hydrogen-bond acceptors (Lipinski definition) is 2. The van der Waals surface area contributed by atoms with Gasteiger partial charge in [-0.2, -0.15) is 0 Å². The van der Waals surface area contributed by atoms with Gasteiger partial charge in [0.15, 0.2) is 0 Å². The molecule has 0 amide bonds. The Morgan fingerprint density at radius 3 is 2.75 bits per heavy atom. The summed E-state index contributed by atoms with van der Waals surface area (Å²) in [6.07, 6.45) is 1.22. The first-order chi connectivity index (χ1) is 7.72. The zero-order valence-electron chi connectivity index (χ0n) is 10.1. The van der Waals surface area contributed by atoms with Crippen molar-refractivity contribution < 1.29 is 4.74 Å². The largest absolute Gasteiger partial charge is 0.493 e. The highest BCUT2D eigenvalue weighted by Crippen LogP contribution is 2.49. The Balaban J connectivity index is 2.06. The Bertz CT molecular complexity index is 348. The van der Waals surface area contributed by atoms with Crippen molar-refractivity contribution in [2.75, 3.05) is 13.2 Å². The summed E-state index contributed by atoms with van der Waals surface area (Å²) in [5, 5.41) is 0. The average Bonchev–Trinajstić information content (AvgIpc) is 3.06. The molecule has 0 heterocycles. The maximum absolute atomic E-state index is 5.85. The summed E-state index contributed by atoms with van der Waals surface area (Å²) in [4.78, 5) is 0. The summed E-state index contributed by atoms with van der Waals surface area (Å²) in [6, 6.07) is 8.38. The van der Waals surface area contributed by atoms with Gasteiger partial charge in [0.25, 0.3) is 0 Å². The molecule has 0 aliphatic heterocycles. The summed E-state index contributed by atoms with van der Waals surface area (Å²) >= 11 is 0. The minimum absolute atomic E-state index is 0.567. The van der Waals surface area contributed by atoms with Crippen LogP contribution in [0.2, 0.25) is 0 Å². The summed E-state index contributed by atoms with van der Waals surface area (Å²) in [5.41, 5.74) is 7.04. The van der Waals surface area contributed by atoms with Gasteiger partial charge in [0.1, 0.15) is 5.75 Å². The van der Waals surface area contributed by atoms with Crippen LogP contribution in [0.5, 0.6) is 5.75 Å². The van der Waals surface area contributed by atoms with Crippen LogP contribution >= 0.6 is 0 Å². The van der Waals surface area contributed by atoms with E-state index in [0.29, 0.717) is 17.8 Å². The van der Waals surface area contributed by atoms with Gasteiger partial charge in [-0.1, -0.05) is 32.0 Å². The van der Waals surface area contributed by atoms with Crippen molar-refractivity contribution in [3.8, 4) is 5.75 Å². The van der Waals surface area contributed by atoms with Crippen LogP contribution < -0.4 is 10.5 Å². The molecule has 16 heavy (non-hydrogen) atoms. The minimum Gasteiger partial charge on any atom is -0.493 e. The van der Waals surface area contributed by atoms with E-state index in [2.05, 4.69) is 32.0 Å². The molecule has 0 radical (unpaired) electrons. The van der Waals surface area contributed by atoms with Crippen molar-refractivity contribution in [3.63, 3.8) is 0 Å². The van der Waals surface area contributed by atoms with E-state index in [1.807, 2.05) is 6.07 Å². The SMILES string of the molecule is CC(C)COc1ccccc1C1CC1CN. The fourth-order valence-electron chi connectivity index (χ4n) is 2.06. The Morgan fingerprint density at radius 2 is 2.12 bits per heavy atom. The molecule has 0 bridgehead atoms. The van der Waals surface area contributed by atoms with Gasteiger partial charge in [-0.05, 0) is 42.3 Å². The third-order valence-electron chi connectivity index (χ3n) is 3.12. The standard InChI is InChI=1S/C14H21NO/c1-10(2)9-16-14-6-4-3-5-12(14)13-7-11(13)8-15/h3-6,10-11,13H,7-9,15H2,1-2H3. The van der Waals surface area contributed by atoms with Crippen LogP contribution in [-0.2, 0) is 0 Å². The van der Waals surface area contributed by atoms with Crippen molar-refractivity contribution in [1.82, 2.24) is 0 Å². The lowest BCUT2D eigenvalue weighted by molar-refractivity contribution is 0.268. The monoisotopic (exact) mass is 219 g/mol. The van der Waals surface area contributed by atoms with Crippen molar-refractivity contribution in [2.24, 2.45) is 17.6 Å². The number of nitrogens with two attached hydrogens (primary N) is 1. The normalized spacial score (nSPS) is 23.5. The Kier molecular flexibility index (Phi) is 3.49. The molecule has 0 spiro atoms. The van der Waals surface area contributed by atoms with Crippen LogP contribution in [0.3, 0.4) is 0 Å². The fourth-order valence-corrected chi connectivity index (χ4v) is 2.06. The lowest BCUT2D eigenvalue weighted by Gasteiger charge is -2.12. The number of hydrogen-bond donors (Lipinski definition) is 1. The van der Waals surface area contributed by atoms with Gasteiger partial charge in [0.05, 0.1) is 6.61 Å². The maximum atomic E-state index is 5.85. The summed E-state index contributed by atoms with van der Waals surface area (Å²) in [6.45, 7) is 5.92. The van der Waals surface area contributed by atoms with Gasteiger partial charge in [0.2, 0.25) is 0 Å². The van der Waals surface area contributed by atoms with Gasteiger partial charge >= 0.3 is 0 Å². The fraction of sp³-hybridized carbons (Fsp3) is 0.571. The van der Waals surface area contributed by atoms with Crippen LogP contribution in [0, 0.1) is 11.8 Å². The highest BCUT2D eigenvalue weighted by Gasteiger charge is 2.38. The molecule has 1 aromatic carbocycles. The molecule has 2 unspecified atom stereocenters. The van der Waals surface area contributed by atoms with Crippen LogP contribution in [0.1, 0.15) is 31.7 Å². The third-order valence-corrected chi connectivity index (χ3v) is 3.12. The van der Waals surface area contributed by atoms with Gasteiger partial charge in [-0.15, -0.1) is 0 Å². The maximum Gasteiger partial charge on any atom is 0.122 e. The summed E-state index contributed by atoms with van der Waals surface area (Å²) < 4.78 is 5.85. The van der Waals surface area contributed by atoms with Crippen LogP contribution in [0.4, 0.5) is 0 Å². The molecule has 1 aromatic rings. The van der Waals surface area contributed by atoms with Crippen LogP contribution in [0.15, 0.2) is 24.3 Å². The molecule has 1 aliphatic carbocycles. The lowest BCUT2D eigenvalue weighted by Crippen LogP contribution is -2.07. The molecule has 88 valence electrons. The van der Waals surface area contributed by atoms with E-state index >= 15 is 0 Å². The van der Waals surface area contributed by atoms with E-state index in [9.17, 15) is 0 Å². The molecular weight excluding hydrogens is 198 g/mol. The molecule has 1 saturated carbocycles. The van der Waals surface area contributed by atoms with E-state index < -0.39 is 0 Å². The topological polar surface area (TPSA) is 35.2 Å². The van der Waals surface area contributed by atoms with E-state index in [-0.39, 0.29) is 0 Å². The molecule has 2 atom stereocenters. The molecule has 1 fully saturated rings. The minimum atomic E-state index is 0.567.